The highest BCUT2D eigenvalue weighted by molar-refractivity contribution is 5.71. The molecule has 0 heterocycles. The fourth-order valence-electron chi connectivity index (χ4n) is 1.52. The summed E-state index contributed by atoms with van der Waals surface area (Å²) in [6.07, 6.45) is -1.49. The Morgan fingerprint density at radius 2 is 2.00 bits per heavy atom. The van der Waals surface area contributed by atoms with Crippen molar-refractivity contribution < 1.29 is 19.2 Å². The van der Waals surface area contributed by atoms with Crippen LogP contribution in [-0.2, 0) is 4.79 Å². The van der Waals surface area contributed by atoms with Crippen LogP contribution >= 0.6 is 0 Å². The maximum Gasteiger partial charge on any atom is 0.309 e. The average Bonchev–Trinajstić information content (AvgIpc) is 2.29. The highest BCUT2D eigenvalue weighted by Gasteiger charge is 2.27. The molecule has 0 saturated carbocycles. The average molecular weight is 241 g/mol. The lowest BCUT2D eigenvalue weighted by Gasteiger charge is -2.15. The number of hydrogen-bond donors (Lipinski definition) is 1. The van der Waals surface area contributed by atoms with Crippen molar-refractivity contribution in [1.29, 1.82) is 0 Å². The second kappa shape index (κ2) is 5.38. The van der Waals surface area contributed by atoms with Crippen molar-refractivity contribution in [2.75, 3.05) is 0 Å². The van der Waals surface area contributed by atoms with E-state index in [4.69, 9.17) is 5.11 Å². The Bertz CT molecular complexity index is 418. The molecule has 0 aliphatic heterocycles. The van der Waals surface area contributed by atoms with Crippen LogP contribution in [0.15, 0.2) is 24.3 Å². The molecule has 6 heteroatoms. The minimum atomic E-state index is -1.65. The van der Waals surface area contributed by atoms with Crippen LogP contribution in [0.3, 0.4) is 0 Å². The van der Waals surface area contributed by atoms with Crippen molar-refractivity contribution in [3.63, 3.8) is 0 Å². The number of hydrogen-bond acceptors (Lipinski definition) is 3. The third-order valence-electron chi connectivity index (χ3n) is 2.53. The van der Waals surface area contributed by atoms with E-state index in [9.17, 15) is 19.3 Å². The third kappa shape index (κ3) is 2.99. The SMILES string of the molecule is CCC(C(=O)O)C(F)c1ccc([N+](=O)[O-])cc1. The van der Waals surface area contributed by atoms with Crippen LogP contribution in [0.4, 0.5) is 10.1 Å². The van der Waals surface area contributed by atoms with Gasteiger partial charge in [0.25, 0.3) is 5.69 Å². The van der Waals surface area contributed by atoms with Gasteiger partial charge in [-0.15, -0.1) is 0 Å². The van der Waals surface area contributed by atoms with E-state index in [-0.39, 0.29) is 17.7 Å². The van der Waals surface area contributed by atoms with E-state index < -0.39 is 23.0 Å². The van der Waals surface area contributed by atoms with Crippen LogP contribution < -0.4 is 0 Å². The fourth-order valence-corrected chi connectivity index (χ4v) is 1.52. The number of carboxylic acids is 1. The first-order valence-electron chi connectivity index (χ1n) is 5.08. The summed E-state index contributed by atoms with van der Waals surface area (Å²) in [5, 5.41) is 19.2. The van der Waals surface area contributed by atoms with Gasteiger partial charge in [-0.25, -0.2) is 4.39 Å². The highest BCUT2D eigenvalue weighted by atomic mass is 19.1. The predicted molar refractivity (Wildman–Crippen MR) is 58.4 cm³/mol. The topological polar surface area (TPSA) is 80.4 Å². The number of aliphatic carboxylic acids is 1. The molecule has 1 aromatic carbocycles. The van der Waals surface area contributed by atoms with E-state index in [2.05, 4.69) is 0 Å². The molecular formula is C11H12FNO4. The van der Waals surface area contributed by atoms with Crippen molar-refractivity contribution in [3.05, 3.63) is 39.9 Å². The highest BCUT2D eigenvalue weighted by Crippen LogP contribution is 2.29. The summed E-state index contributed by atoms with van der Waals surface area (Å²) in [5.41, 5.74) is -0.00539. The van der Waals surface area contributed by atoms with Gasteiger partial charge in [-0.1, -0.05) is 6.92 Å². The van der Waals surface area contributed by atoms with Gasteiger partial charge < -0.3 is 5.11 Å². The molecule has 0 aliphatic carbocycles. The summed E-state index contributed by atoms with van der Waals surface area (Å²) in [7, 11) is 0. The van der Waals surface area contributed by atoms with E-state index in [1.807, 2.05) is 0 Å². The van der Waals surface area contributed by atoms with E-state index in [0.29, 0.717) is 0 Å². The molecule has 0 radical (unpaired) electrons. The molecule has 0 bridgehead atoms. The zero-order chi connectivity index (χ0) is 13.0. The van der Waals surface area contributed by atoms with Crippen molar-refractivity contribution in [2.24, 2.45) is 5.92 Å². The van der Waals surface area contributed by atoms with E-state index >= 15 is 0 Å². The Hall–Kier alpha value is -1.98. The Balaban J connectivity index is 2.92. The molecule has 0 fully saturated rings. The standard InChI is InChI=1S/C11H12FNO4/c1-2-9(11(14)15)10(12)7-3-5-8(6-4-7)13(16)17/h3-6,9-10H,2H2,1H3,(H,14,15). The molecule has 5 nitrogen and oxygen atoms in total. The van der Waals surface area contributed by atoms with Gasteiger partial charge in [-0.05, 0) is 24.1 Å². The molecule has 0 spiro atoms. The number of nitro groups is 1. The number of rotatable bonds is 5. The Kier molecular flexibility index (Phi) is 4.14. The second-order valence-corrected chi connectivity index (χ2v) is 3.60. The molecule has 1 N–H and O–H groups in total. The van der Waals surface area contributed by atoms with Gasteiger partial charge in [0.1, 0.15) is 6.17 Å². The van der Waals surface area contributed by atoms with Crippen LogP contribution in [0.2, 0.25) is 0 Å². The van der Waals surface area contributed by atoms with E-state index in [0.717, 1.165) is 12.1 Å². The fraction of sp³-hybridized carbons (Fsp3) is 0.364. The van der Waals surface area contributed by atoms with Crippen LogP contribution in [0.25, 0.3) is 0 Å². The normalized spacial score (nSPS) is 14.0. The van der Waals surface area contributed by atoms with Crippen molar-refractivity contribution in [1.82, 2.24) is 0 Å². The van der Waals surface area contributed by atoms with Gasteiger partial charge in [0.05, 0.1) is 10.8 Å². The van der Waals surface area contributed by atoms with E-state index in [1.165, 1.54) is 12.1 Å². The van der Waals surface area contributed by atoms with Crippen LogP contribution in [-0.4, -0.2) is 16.0 Å². The summed E-state index contributed by atoms with van der Waals surface area (Å²) >= 11 is 0. The van der Waals surface area contributed by atoms with Gasteiger partial charge in [0.15, 0.2) is 0 Å². The summed E-state index contributed by atoms with van der Waals surface area (Å²) in [4.78, 5) is 20.6. The molecule has 0 aliphatic rings. The van der Waals surface area contributed by atoms with Gasteiger partial charge in [0.2, 0.25) is 0 Å². The summed E-state index contributed by atoms with van der Waals surface area (Å²) < 4.78 is 13.8. The molecule has 2 unspecified atom stereocenters. The number of carbonyl (C=O) groups is 1. The first kappa shape index (κ1) is 13.1. The number of nitro benzene ring substituents is 1. The molecule has 92 valence electrons. The first-order chi connectivity index (χ1) is 7.97. The summed E-state index contributed by atoms with van der Waals surface area (Å²) in [6.45, 7) is 1.58. The maximum absolute atomic E-state index is 13.8. The number of nitrogens with zero attached hydrogens (tertiary/aromatic N) is 1. The minimum absolute atomic E-state index is 0.143. The quantitative estimate of drug-likeness (QED) is 0.634. The zero-order valence-electron chi connectivity index (χ0n) is 9.17. The number of alkyl halides is 1. The van der Waals surface area contributed by atoms with Gasteiger partial charge >= 0.3 is 5.97 Å². The van der Waals surface area contributed by atoms with Crippen LogP contribution in [0, 0.1) is 16.0 Å². The number of carboxylic acid groups (broad SMARTS) is 1. The van der Waals surface area contributed by atoms with Gasteiger partial charge in [0, 0.05) is 12.1 Å². The molecule has 1 rings (SSSR count). The maximum atomic E-state index is 13.8. The van der Waals surface area contributed by atoms with Crippen LogP contribution in [0.1, 0.15) is 25.1 Å². The molecular weight excluding hydrogens is 229 g/mol. The van der Waals surface area contributed by atoms with Crippen LogP contribution in [0.5, 0.6) is 0 Å². The molecule has 1 aromatic rings. The Labute approximate surface area is 97.0 Å². The lowest BCUT2D eigenvalue weighted by Crippen LogP contribution is -2.18. The smallest absolute Gasteiger partial charge is 0.309 e. The zero-order valence-corrected chi connectivity index (χ0v) is 9.17. The molecule has 0 amide bonds. The third-order valence-corrected chi connectivity index (χ3v) is 2.53. The summed E-state index contributed by atoms with van der Waals surface area (Å²) in [6, 6.07) is 4.82. The molecule has 17 heavy (non-hydrogen) atoms. The predicted octanol–water partition coefficient (Wildman–Crippen LogP) is 2.72. The largest absolute Gasteiger partial charge is 0.481 e. The number of non-ortho nitro benzene ring substituents is 1. The van der Waals surface area contributed by atoms with Gasteiger partial charge in [-0.2, -0.15) is 0 Å². The molecule has 0 aromatic heterocycles. The number of halogens is 1. The van der Waals surface area contributed by atoms with Crippen molar-refractivity contribution in [3.8, 4) is 0 Å². The van der Waals surface area contributed by atoms with Gasteiger partial charge in [-0.3, -0.25) is 14.9 Å². The molecule has 2 atom stereocenters. The van der Waals surface area contributed by atoms with Crippen molar-refractivity contribution in [2.45, 2.75) is 19.5 Å². The Morgan fingerprint density at radius 3 is 2.35 bits per heavy atom. The Morgan fingerprint density at radius 1 is 1.47 bits per heavy atom. The summed E-state index contributed by atoms with van der Waals surface area (Å²) in [5.74, 6) is -2.34. The first-order valence-corrected chi connectivity index (χ1v) is 5.08. The minimum Gasteiger partial charge on any atom is -0.481 e. The van der Waals surface area contributed by atoms with Crippen molar-refractivity contribution >= 4 is 11.7 Å². The monoisotopic (exact) mass is 241 g/mol. The molecule has 0 saturated heterocycles. The second-order valence-electron chi connectivity index (χ2n) is 3.60. The lowest BCUT2D eigenvalue weighted by molar-refractivity contribution is -0.384. The lowest BCUT2D eigenvalue weighted by atomic mass is 9.95. The number of benzene rings is 1. The van der Waals surface area contributed by atoms with E-state index in [1.54, 1.807) is 6.92 Å².